The molecule has 1 atom stereocenters. The van der Waals surface area contributed by atoms with Crippen molar-refractivity contribution in [1.29, 1.82) is 0 Å². The Hall–Kier alpha value is -3.38. The third-order valence-electron chi connectivity index (χ3n) is 4.62. The highest BCUT2D eigenvalue weighted by Gasteiger charge is 2.24. The molecule has 1 unspecified atom stereocenters. The van der Waals surface area contributed by atoms with E-state index in [0.29, 0.717) is 18.4 Å². The van der Waals surface area contributed by atoms with Crippen LogP contribution >= 0.6 is 0 Å². The lowest BCUT2D eigenvalue weighted by atomic mass is 10.1. The number of benzene rings is 2. The molecule has 0 bridgehead atoms. The highest BCUT2D eigenvalue weighted by molar-refractivity contribution is 5.83. The zero-order valence-electron chi connectivity index (χ0n) is 15.0. The molecule has 27 heavy (non-hydrogen) atoms. The zero-order chi connectivity index (χ0) is 18.8. The van der Waals surface area contributed by atoms with Crippen molar-refractivity contribution >= 4 is 11.8 Å². The van der Waals surface area contributed by atoms with Gasteiger partial charge < -0.3 is 21.1 Å². The molecular weight excluding hydrogens is 338 g/mol. The minimum absolute atomic E-state index is 0.355. The van der Waals surface area contributed by atoms with Gasteiger partial charge in [-0.05, 0) is 29.8 Å². The van der Waals surface area contributed by atoms with Crippen molar-refractivity contribution in [3.63, 3.8) is 0 Å². The van der Waals surface area contributed by atoms with E-state index in [0.717, 1.165) is 28.1 Å². The van der Waals surface area contributed by atoms with Gasteiger partial charge in [-0.25, -0.2) is 4.98 Å². The number of fused-ring (bicyclic) bond motifs is 1. The molecule has 4 rings (SSSR count). The standard InChI is InChI=1S/C21H21N5O/c1-26-19(22)16-11-12-17(24-20(16)25-21(26)23)15-9-5-6-10-18(15)27-13-14-7-3-2-4-8-14/h2-12,19H,13,22H2,1H3,(H2,23,24,25). The molecule has 0 amide bonds. The van der Waals surface area contributed by atoms with E-state index >= 15 is 0 Å². The Bertz CT molecular complexity index is 987. The van der Waals surface area contributed by atoms with E-state index in [4.69, 9.17) is 16.2 Å². The van der Waals surface area contributed by atoms with Crippen molar-refractivity contribution in [2.45, 2.75) is 12.8 Å². The number of nitrogens with two attached hydrogens (primary N) is 2. The summed E-state index contributed by atoms with van der Waals surface area (Å²) in [7, 11) is 1.81. The lowest BCUT2D eigenvalue weighted by Gasteiger charge is -2.30. The highest BCUT2D eigenvalue weighted by Crippen LogP contribution is 2.34. The molecule has 0 spiro atoms. The van der Waals surface area contributed by atoms with Gasteiger partial charge in [0.25, 0.3) is 0 Å². The second-order valence-electron chi connectivity index (χ2n) is 6.41. The van der Waals surface area contributed by atoms with Gasteiger partial charge in [-0.3, -0.25) is 0 Å². The molecule has 4 N–H and O–H groups in total. The van der Waals surface area contributed by atoms with Crippen molar-refractivity contribution in [1.82, 2.24) is 9.88 Å². The number of nitrogens with zero attached hydrogens (tertiary/aromatic N) is 3. The van der Waals surface area contributed by atoms with E-state index in [2.05, 4.69) is 9.98 Å². The highest BCUT2D eigenvalue weighted by atomic mass is 16.5. The van der Waals surface area contributed by atoms with Crippen LogP contribution in [-0.4, -0.2) is 22.9 Å². The van der Waals surface area contributed by atoms with Crippen LogP contribution in [0.2, 0.25) is 0 Å². The summed E-state index contributed by atoms with van der Waals surface area (Å²) in [5, 5.41) is 0. The second-order valence-corrected chi connectivity index (χ2v) is 6.41. The molecule has 1 aromatic heterocycles. The topological polar surface area (TPSA) is 89.8 Å². The van der Waals surface area contributed by atoms with E-state index in [1.165, 1.54) is 0 Å². The predicted octanol–water partition coefficient (Wildman–Crippen LogP) is 3.18. The predicted molar refractivity (Wildman–Crippen MR) is 106 cm³/mol. The first kappa shape index (κ1) is 17.1. The maximum Gasteiger partial charge on any atom is 0.199 e. The normalized spacial score (nSPS) is 15.9. The van der Waals surface area contributed by atoms with Crippen LogP contribution in [0.25, 0.3) is 11.3 Å². The minimum atomic E-state index is -0.358. The van der Waals surface area contributed by atoms with Crippen LogP contribution in [0.3, 0.4) is 0 Å². The lowest BCUT2D eigenvalue weighted by Crippen LogP contribution is -2.43. The van der Waals surface area contributed by atoms with Gasteiger partial charge in [-0.1, -0.05) is 42.5 Å². The summed E-state index contributed by atoms with van der Waals surface area (Å²) in [4.78, 5) is 10.8. The number of aliphatic imine (C=N–C) groups is 1. The summed E-state index contributed by atoms with van der Waals surface area (Å²) in [6.07, 6.45) is -0.358. The van der Waals surface area contributed by atoms with E-state index in [1.54, 1.807) is 4.90 Å². The van der Waals surface area contributed by atoms with Gasteiger partial charge in [0, 0.05) is 18.2 Å². The first-order chi connectivity index (χ1) is 13.1. The molecule has 3 aromatic rings. The zero-order valence-corrected chi connectivity index (χ0v) is 15.0. The maximum atomic E-state index is 6.21. The summed E-state index contributed by atoms with van der Waals surface area (Å²) in [6, 6.07) is 21.8. The summed E-state index contributed by atoms with van der Waals surface area (Å²) in [5.41, 5.74) is 15.8. The largest absolute Gasteiger partial charge is 0.488 e. The van der Waals surface area contributed by atoms with Gasteiger partial charge in [0.15, 0.2) is 11.8 Å². The lowest BCUT2D eigenvalue weighted by molar-refractivity contribution is 0.307. The fourth-order valence-electron chi connectivity index (χ4n) is 3.01. The van der Waals surface area contributed by atoms with Gasteiger partial charge in [0.2, 0.25) is 0 Å². The third-order valence-corrected chi connectivity index (χ3v) is 4.62. The van der Waals surface area contributed by atoms with Gasteiger partial charge in [0.05, 0.1) is 5.69 Å². The molecular formula is C21H21N5O. The number of aromatic nitrogens is 1. The maximum absolute atomic E-state index is 6.21. The number of rotatable bonds is 4. The molecule has 0 saturated heterocycles. The number of hydrogen-bond donors (Lipinski definition) is 2. The molecule has 136 valence electrons. The molecule has 6 nitrogen and oxygen atoms in total. The van der Waals surface area contributed by atoms with Crippen LogP contribution in [0, 0.1) is 0 Å². The van der Waals surface area contributed by atoms with Crippen molar-refractivity contribution in [2.75, 3.05) is 7.05 Å². The third kappa shape index (κ3) is 3.35. The number of hydrogen-bond acceptors (Lipinski definition) is 6. The van der Waals surface area contributed by atoms with E-state index < -0.39 is 0 Å². The average Bonchev–Trinajstić information content (AvgIpc) is 2.71. The van der Waals surface area contributed by atoms with Crippen LogP contribution in [-0.2, 0) is 6.61 Å². The van der Waals surface area contributed by atoms with Crippen LogP contribution in [0.15, 0.2) is 71.7 Å². The first-order valence-electron chi connectivity index (χ1n) is 8.73. The van der Waals surface area contributed by atoms with Gasteiger partial charge in [-0.15, -0.1) is 0 Å². The molecule has 0 saturated carbocycles. The molecule has 2 heterocycles. The fourth-order valence-corrected chi connectivity index (χ4v) is 3.01. The summed E-state index contributed by atoms with van der Waals surface area (Å²) < 4.78 is 6.05. The van der Waals surface area contributed by atoms with Gasteiger partial charge >= 0.3 is 0 Å². The van der Waals surface area contributed by atoms with Crippen LogP contribution in [0.1, 0.15) is 17.3 Å². The molecule has 0 radical (unpaired) electrons. The van der Waals surface area contributed by atoms with Gasteiger partial charge in [-0.2, -0.15) is 4.99 Å². The molecule has 0 fully saturated rings. The Morgan fingerprint density at radius 2 is 1.74 bits per heavy atom. The smallest absolute Gasteiger partial charge is 0.199 e. The monoisotopic (exact) mass is 359 g/mol. The van der Waals surface area contributed by atoms with Crippen molar-refractivity contribution in [3.05, 3.63) is 77.9 Å². The number of pyridine rings is 1. The second kappa shape index (κ2) is 7.09. The Kier molecular flexibility index (Phi) is 4.48. The van der Waals surface area contributed by atoms with Crippen LogP contribution in [0.4, 0.5) is 5.82 Å². The number of para-hydroxylation sites is 1. The van der Waals surface area contributed by atoms with Crippen molar-refractivity contribution < 1.29 is 4.74 Å². The fraction of sp³-hybridized carbons (Fsp3) is 0.143. The van der Waals surface area contributed by atoms with Crippen molar-refractivity contribution in [3.8, 4) is 17.0 Å². The van der Waals surface area contributed by atoms with Gasteiger partial charge in [0.1, 0.15) is 18.5 Å². The minimum Gasteiger partial charge on any atom is -0.488 e. The molecule has 6 heteroatoms. The average molecular weight is 359 g/mol. The molecule has 1 aliphatic heterocycles. The van der Waals surface area contributed by atoms with Crippen molar-refractivity contribution in [2.24, 2.45) is 16.5 Å². The molecule has 1 aliphatic rings. The summed E-state index contributed by atoms with van der Waals surface area (Å²) >= 11 is 0. The Balaban J connectivity index is 1.66. The summed E-state index contributed by atoms with van der Waals surface area (Å²) in [5.74, 6) is 1.67. The number of ether oxygens (including phenoxy) is 1. The Labute approximate surface area is 158 Å². The van der Waals surface area contributed by atoms with E-state index in [9.17, 15) is 0 Å². The Morgan fingerprint density at radius 1 is 1.00 bits per heavy atom. The Morgan fingerprint density at radius 3 is 2.56 bits per heavy atom. The SMILES string of the molecule is CN1C(N)=Nc2nc(-c3ccccc3OCc3ccccc3)ccc2C1N. The van der Waals surface area contributed by atoms with E-state index in [-0.39, 0.29) is 6.17 Å². The first-order valence-corrected chi connectivity index (χ1v) is 8.73. The molecule has 2 aromatic carbocycles. The molecule has 0 aliphatic carbocycles. The summed E-state index contributed by atoms with van der Waals surface area (Å²) in [6.45, 7) is 0.490. The van der Waals surface area contributed by atoms with Crippen LogP contribution in [0.5, 0.6) is 5.75 Å². The van der Waals surface area contributed by atoms with E-state index in [1.807, 2.05) is 73.8 Å². The number of guanidine groups is 1. The van der Waals surface area contributed by atoms with Crippen LogP contribution < -0.4 is 16.2 Å². The quantitative estimate of drug-likeness (QED) is 0.747.